The Bertz CT molecular complexity index is 867. The highest BCUT2D eigenvalue weighted by Gasteiger charge is 2.10. The molecule has 0 aliphatic carbocycles. The zero-order valence-corrected chi connectivity index (χ0v) is 16.1. The van der Waals surface area contributed by atoms with E-state index in [1.807, 2.05) is 29.9 Å². The summed E-state index contributed by atoms with van der Waals surface area (Å²) in [6.45, 7) is 5.13. The van der Waals surface area contributed by atoms with Crippen molar-refractivity contribution in [3.63, 3.8) is 0 Å². The van der Waals surface area contributed by atoms with E-state index in [9.17, 15) is 0 Å². The molecule has 1 N–H and O–H groups in total. The lowest BCUT2D eigenvalue weighted by Crippen LogP contribution is -2.05. The first-order valence-corrected chi connectivity index (χ1v) is 9.01. The van der Waals surface area contributed by atoms with Gasteiger partial charge in [0.25, 0.3) is 0 Å². The number of benzene rings is 2. The molecular weight excluding hydrogens is 353 g/mol. The third kappa shape index (κ3) is 4.00. The minimum Gasteiger partial charge on any atom is -0.352 e. The van der Waals surface area contributed by atoms with Crippen molar-refractivity contribution in [1.29, 1.82) is 0 Å². The molecule has 3 nitrogen and oxygen atoms in total. The van der Waals surface area contributed by atoms with Crippen molar-refractivity contribution in [1.82, 2.24) is 9.55 Å². The Kier molecular flexibility index (Phi) is 5.36. The van der Waals surface area contributed by atoms with Gasteiger partial charge in [-0.15, -0.1) is 0 Å². The summed E-state index contributed by atoms with van der Waals surface area (Å²) in [5.41, 5.74) is 4.54. The predicted molar refractivity (Wildman–Crippen MR) is 107 cm³/mol. The standard InChI is InChI=1S/C20H21Cl2N3/c1-13(2)15-6-4-14(5-7-15)11-23-20-24-12-19(25(20)3)16-8-9-17(21)18(22)10-16/h4-10,12-13H,11H2,1-3H3,(H,23,24). The van der Waals surface area contributed by atoms with Crippen LogP contribution in [0.25, 0.3) is 11.3 Å². The number of imidazole rings is 1. The molecule has 0 fully saturated rings. The van der Waals surface area contributed by atoms with E-state index in [2.05, 4.69) is 48.4 Å². The van der Waals surface area contributed by atoms with Crippen LogP contribution in [-0.2, 0) is 13.6 Å². The Balaban J connectivity index is 1.74. The van der Waals surface area contributed by atoms with E-state index < -0.39 is 0 Å². The second kappa shape index (κ2) is 7.51. The molecule has 0 radical (unpaired) electrons. The van der Waals surface area contributed by atoms with Crippen LogP contribution in [0, 0.1) is 0 Å². The Morgan fingerprint density at radius 3 is 2.40 bits per heavy atom. The Labute approximate surface area is 158 Å². The summed E-state index contributed by atoms with van der Waals surface area (Å²) in [5.74, 6) is 1.36. The molecule has 0 atom stereocenters. The van der Waals surface area contributed by atoms with Gasteiger partial charge in [0.05, 0.1) is 21.9 Å². The van der Waals surface area contributed by atoms with Crippen LogP contribution in [0.5, 0.6) is 0 Å². The maximum absolute atomic E-state index is 6.12. The lowest BCUT2D eigenvalue weighted by atomic mass is 10.0. The summed E-state index contributed by atoms with van der Waals surface area (Å²) >= 11 is 12.1. The first kappa shape index (κ1) is 17.8. The fourth-order valence-electron chi connectivity index (χ4n) is 2.70. The van der Waals surface area contributed by atoms with Gasteiger partial charge in [0, 0.05) is 19.2 Å². The molecule has 3 rings (SSSR count). The van der Waals surface area contributed by atoms with Crippen molar-refractivity contribution in [2.45, 2.75) is 26.3 Å². The van der Waals surface area contributed by atoms with Crippen LogP contribution in [-0.4, -0.2) is 9.55 Å². The van der Waals surface area contributed by atoms with Crippen LogP contribution >= 0.6 is 23.2 Å². The Hall–Kier alpha value is -1.97. The second-order valence-corrected chi connectivity index (χ2v) is 7.22. The fraction of sp³-hybridized carbons (Fsp3) is 0.250. The lowest BCUT2D eigenvalue weighted by molar-refractivity contribution is 0.864. The van der Waals surface area contributed by atoms with E-state index in [1.54, 1.807) is 6.07 Å². The van der Waals surface area contributed by atoms with Crippen molar-refractivity contribution in [2.75, 3.05) is 5.32 Å². The molecule has 1 aromatic heterocycles. The van der Waals surface area contributed by atoms with Gasteiger partial charge in [-0.1, -0.05) is 67.4 Å². The van der Waals surface area contributed by atoms with Crippen molar-refractivity contribution in [3.8, 4) is 11.3 Å². The predicted octanol–water partition coefficient (Wildman–Crippen LogP) is 6.13. The van der Waals surface area contributed by atoms with Crippen molar-refractivity contribution in [2.24, 2.45) is 7.05 Å². The summed E-state index contributed by atoms with van der Waals surface area (Å²) in [6.07, 6.45) is 1.84. The molecule has 0 saturated heterocycles. The number of hydrogen-bond donors (Lipinski definition) is 1. The molecule has 0 aliphatic heterocycles. The summed E-state index contributed by atoms with van der Waals surface area (Å²) in [4.78, 5) is 4.48. The average Bonchev–Trinajstić information content (AvgIpc) is 2.96. The third-order valence-electron chi connectivity index (χ3n) is 4.30. The monoisotopic (exact) mass is 373 g/mol. The van der Waals surface area contributed by atoms with Gasteiger partial charge in [-0.3, -0.25) is 0 Å². The minimum atomic E-state index is 0.542. The molecule has 3 aromatic rings. The molecule has 25 heavy (non-hydrogen) atoms. The maximum atomic E-state index is 6.12. The van der Waals surface area contributed by atoms with E-state index >= 15 is 0 Å². The lowest BCUT2D eigenvalue weighted by Gasteiger charge is -2.10. The molecule has 0 bridgehead atoms. The topological polar surface area (TPSA) is 29.9 Å². The van der Waals surface area contributed by atoms with E-state index in [4.69, 9.17) is 23.2 Å². The SMILES string of the molecule is CC(C)c1ccc(CNc2ncc(-c3ccc(Cl)c(Cl)c3)n2C)cc1. The molecule has 0 amide bonds. The normalized spacial score (nSPS) is 11.1. The zero-order valence-electron chi connectivity index (χ0n) is 14.6. The van der Waals surface area contributed by atoms with Gasteiger partial charge in [0.2, 0.25) is 5.95 Å². The molecule has 130 valence electrons. The van der Waals surface area contributed by atoms with Crippen LogP contribution in [0.15, 0.2) is 48.7 Å². The molecule has 2 aromatic carbocycles. The number of aromatic nitrogens is 2. The molecule has 1 heterocycles. The number of nitrogens with one attached hydrogen (secondary N) is 1. The average molecular weight is 374 g/mol. The summed E-state index contributed by atoms with van der Waals surface area (Å²) in [7, 11) is 1.98. The van der Waals surface area contributed by atoms with Gasteiger partial charge < -0.3 is 9.88 Å². The van der Waals surface area contributed by atoms with Crippen molar-refractivity contribution >= 4 is 29.2 Å². The van der Waals surface area contributed by atoms with Crippen LogP contribution in [0.3, 0.4) is 0 Å². The van der Waals surface area contributed by atoms with Crippen LogP contribution in [0.2, 0.25) is 10.0 Å². The Morgan fingerprint density at radius 2 is 1.76 bits per heavy atom. The maximum Gasteiger partial charge on any atom is 0.203 e. The minimum absolute atomic E-state index is 0.542. The third-order valence-corrected chi connectivity index (χ3v) is 5.04. The fourth-order valence-corrected chi connectivity index (χ4v) is 3.00. The van der Waals surface area contributed by atoms with Gasteiger partial charge >= 0.3 is 0 Å². The van der Waals surface area contributed by atoms with Gasteiger partial charge in [-0.25, -0.2) is 4.98 Å². The second-order valence-electron chi connectivity index (χ2n) is 6.40. The molecule has 0 saturated carbocycles. The smallest absolute Gasteiger partial charge is 0.203 e. The number of halogens is 2. The summed E-state index contributed by atoms with van der Waals surface area (Å²) < 4.78 is 2.02. The van der Waals surface area contributed by atoms with Crippen LogP contribution < -0.4 is 5.32 Å². The Morgan fingerprint density at radius 1 is 1.04 bits per heavy atom. The highest BCUT2D eigenvalue weighted by Crippen LogP contribution is 2.29. The highest BCUT2D eigenvalue weighted by molar-refractivity contribution is 6.42. The largest absolute Gasteiger partial charge is 0.352 e. The number of anilines is 1. The summed E-state index contributed by atoms with van der Waals surface area (Å²) in [6, 6.07) is 14.3. The van der Waals surface area contributed by atoms with Gasteiger partial charge in [-0.2, -0.15) is 0 Å². The van der Waals surface area contributed by atoms with E-state index in [0.717, 1.165) is 23.8 Å². The number of nitrogens with zero attached hydrogens (tertiary/aromatic N) is 2. The molecule has 5 heteroatoms. The van der Waals surface area contributed by atoms with E-state index in [1.165, 1.54) is 11.1 Å². The van der Waals surface area contributed by atoms with E-state index in [0.29, 0.717) is 16.0 Å². The highest BCUT2D eigenvalue weighted by atomic mass is 35.5. The number of rotatable bonds is 5. The quantitative estimate of drug-likeness (QED) is 0.582. The first-order valence-electron chi connectivity index (χ1n) is 8.25. The van der Waals surface area contributed by atoms with Gasteiger partial charge in [-0.05, 0) is 29.2 Å². The molecular formula is C20H21Cl2N3. The van der Waals surface area contributed by atoms with Crippen molar-refractivity contribution < 1.29 is 0 Å². The van der Waals surface area contributed by atoms with E-state index in [-0.39, 0.29) is 0 Å². The van der Waals surface area contributed by atoms with Gasteiger partial charge in [0.1, 0.15) is 0 Å². The molecule has 0 unspecified atom stereocenters. The van der Waals surface area contributed by atoms with Crippen LogP contribution in [0.4, 0.5) is 5.95 Å². The first-order chi connectivity index (χ1) is 12.0. The molecule has 0 spiro atoms. The van der Waals surface area contributed by atoms with Gasteiger partial charge in [0.15, 0.2) is 0 Å². The molecule has 0 aliphatic rings. The summed E-state index contributed by atoms with van der Waals surface area (Å²) in [5, 5.41) is 4.48. The van der Waals surface area contributed by atoms with Crippen LogP contribution in [0.1, 0.15) is 30.9 Å². The number of hydrogen-bond acceptors (Lipinski definition) is 2. The zero-order chi connectivity index (χ0) is 18.0. The van der Waals surface area contributed by atoms with Crippen molar-refractivity contribution in [3.05, 3.63) is 69.8 Å².